The van der Waals surface area contributed by atoms with E-state index in [0.29, 0.717) is 6.42 Å². The Morgan fingerprint density at radius 2 is 1.42 bits per heavy atom. The van der Waals surface area contributed by atoms with Crippen molar-refractivity contribution in [3.05, 3.63) is 0 Å². The molecule has 2 nitrogen and oxygen atoms in total. The molecule has 0 aromatic heterocycles. The van der Waals surface area contributed by atoms with Crippen LogP contribution in [0.3, 0.4) is 0 Å². The molecule has 0 heterocycles. The predicted octanol–water partition coefficient (Wildman–Crippen LogP) is 2.50. The molecule has 0 amide bonds. The second-order valence-electron chi connectivity index (χ2n) is 4.93. The third kappa shape index (κ3) is 3.52. The first-order chi connectivity index (χ1) is 4.96. The van der Waals surface area contributed by atoms with Crippen LogP contribution in [0, 0.1) is 5.41 Å². The van der Waals surface area contributed by atoms with Gasteiger partial charge in [0.05, 0.1) is 4.75 Å². The molecule has 0 aromatic rings. The molecule has 0 aliphatic rings. The third-order valence-electron chi connectivity index (χ3n) is 1.62. The van der Waals surface area contributed by atoms with E-state index in [4.69, 9.17) is 0 Å². The highest BCUT2D eigenvalue weighted by molar-refractivity contribution is 7.87. The highest BCUT2D eigenvalue weighted by Gasteiger charge is 2.37. The summed E-state index contributed by atoms with van der Waals surface area (Å²) in [6.07, 6.45) is 0.318. The van der Waals surface area contributed by atoms with Gasteiger partial charge >= 0.3 is 10.2 Å². The summed E-state index contributed by atoms with van der Waals surface area (Å²) in [6, 6.07) is 0. The Balaban J connectivity index is 4.68. The highest BCUT2D eigenvalue weighted by Crippen LogP contribution is 2.33. The maximum Gasteiger partial charge on any atom is 0.307 e. The zero-order valence-corrected chi connectivity index (χ0v) is 9.13. The van der Waals surface area contributed by atoms with E-state index in [2.05, 4.69) is 0 Å². The van der Waals surface area contributed by atoms with E-state index < -0.39 is 15.0 Å². The van der Waals surface area contributed by atoms with Crippen molar-refractivity contribution in [2.24, 2.45) is 5.41 Å². The SMILES string of the molecule is CC(C)(C)CC(C)(C)S(=O)(=O)F. The van der Waals surface area contributed by atoms with Crippen LogP contribution in [-0.4, -0.2) is 13.2 Å². The molecule has 0 unspecified atom stereocenters. The number of hydrogen-bond acceptors (Lipinski definition) is 2. The molecule has 12 heavy (non-hydrogen) atoms. The van der Waals surface area contributed by atoms with E-state index in [9.17, 15) is 12.3 Å². The Kier molecular flexibility index (Phi) is 2.95. The fourth-order valence-corrected chi connectivity index (χ4v) is 1.97. The summed E-state index contributed by atoms with van der Waals surface area (Å²) in [5.41, 5.74) is -0.178. The van der Waals surface area contributed by atoms with Crippen molar-refractivity contribution in [2.45, 2.75) is 45.8 Å². The lowest BCUT2D eigenvalue weighted by Crippen LogP contribution is -2.33. The molecule has 0 bridgehead atoms. The van der Waals surface area contributed by atoms with Crippen LogP contribution in [-0.2, 0) is 10.2 Å². The molecule has 0 radical (unpaired) electrons. The van der Waals surface area contributed by atoms with Gasteiger partial charge in [-0.25, -0.2) is 0 Å². The van der Waals surface area contributed by atoms with Crippen LogP contribution < -0.4 is 0 Å². The average molecular weight is 196 g/mol. The average Bonchev–Trinajstić information content (AvgIpc) is 1.52. The number of rotatable bonds is 2. The zero-order valence-electron chi connectivity index (χ0n) is 8.31. The van der Waals surface area contributed by atoms with Crippen molar-refractivity contribution >= 4 is 10.2 Å². The minimum Gasteiger partial charge on any atom is -0.194 e. The lowest BCUT2D eigenvalue weighted by Gasteiger charge is -2.28. The van der Waals surface area contributed by atoms with Gasteiger partial charge < -0.3 is 0 Å². The van der Waals surface area contributed by atoms with Crippen molar-refractivity contribution in [1.29, 1.82) is 0 Å². The van der Waals surface area contributed by atoms with E-state index in [0.717, 1.165) is 0 Å². The van der Waals surface area contributed by atoms with Gasteiger partial charge in [0.15, 0.2) is 0 Å². The van der Waals surface area contributed by atoms with E-state index in [-0.39, 0.29) is 5.41 Å². The summed E-state index contributed by atoms with van der Waals surface area (Å²) in [6.45, 7) is 8.49. The predicted molar refractivity (Wildman–Crippen MR) is 48.2 cm³/mol. The molecule has 0 fully saturated rings. The second-order valence-corrected chi connectivity index (χ2v) is 6.92. The van der Waals surface area contributed by atoms with Crippen molar-refractivity contribution in [2.75, 3.05) is 0 Å². The van der Waals surface area contributed by atoms with Gasteiger partial charge in [-0.1, -0.05) is 20.8 Å². The molecule has 0 spiro atoms. The topological polar surface area (TPSA) is 34.1 Å². The van der Waals surface area contributed by atoms with Crippen molar-refractivity contribution in [3.8, 4) is 0 Å². The van der Waals surface area contributed by atoms with Crippen LogP contribution in [0.15, 0.2) is 0 Å². The summed E-state index contributed by atoms with van der Waals surface area (Å²) in [4.78, 5) is 0. The fraction of sp³-hybridized carbons (Fsp3) is 1.00. The summed E-state index contributed by atoms with van der Waals surface area (Å²) >= 11 is 0. The molecular formula is C8H17FO2S. The third-order valence-corrected chi connectivity index (χ3v) is 3.08. The first-order valence-corrected chi connectivity index (χ1v) is 5.28. The summed E-state index contributed by atoms with van der Waals surface area (Å²) in [5, 5.41) is 0. The first kappa shape index (κ1) is 11.9. The van der Waals surface area contributed by atoms with Crippen LogP contribution in [0.2, 0.25) is 0 Å². The van der Waals surface area contributed by atoms with Crippen molar-refractivity contribution in [1.82, 2.24) is 0 Å². The molecule has 0 atom stereocenters. The van der Waals surface area contributed by atoms with Crippen LogP contribution in [0.25, 0.3) is 0 Å². The van der Waals surface area contributed by atoms with E-state index >= 15 is 0 Å². The number of hydrogen-bond donors (Lipinski definition) is 0. The molecule has 4 heteroatoms. The molecule has 0 saturated carbocycles. The van der Waals surface area contributed by atoms with Crippen molar-refractivity contribution in [3.63, 3.8) is 0 Å². The van der Waals surface area contributed by atoms with E-state index in [1.165, 1.54) is 13.8 Å². The summed E-state index contributed by atoms with van der Waals surface area (Å²) in [5.74, 6) is 0. The monoisotopic (exact) mass is 196 g/mol. The Bertz CT molecular complexity index is 247. The second kappa shape index (κ2) is 2.98. The highest BCUT2D eigenvalue weighted by atomic mass is 32.3. The van der Waals surface area contributed by atoms with Gasteiger partial charge in [-0.15, -0.1) is 3.89 Å². The standard InChI is InChI=1S/C8H17FO2S/c1-7(2,3)6-8(4,5)12(9,10)11/h6H2,1-5H3. The maximum atomic E-state index is 12.7. The van der Waals surface area contributed by atoms with E-state index in [1.54, 1.807) is 0 Å². The van der Waals surface area contributed by atoms with Crippen molar-refractivity contribution < 1.29 is 12.3 Å². The Morgan fingerprint density at radius 1 is 1.08 bits per heavy atom. The molecule has 74 valence electrons. The fourth-order valence-electron chi connectivity index (χ4n) is 1.36. The molecule has 0 N–H and O–H groups in total. The van der Waals surface area contributed by atoms with Crippen LogP contribution in [0.1, 0.15) is 41.0 Å². The Labute approximate surface area is 74.4 Å². The van der Waals surface area contributed by atoms with Crippen LogP contribution in [0.5, 0.6) is 0 Å². The summed E-state index contributed by atoms with van der Waals surface area (Å²) < 4.78 is 32.7. The Morgan fingerprint density at radius 3 is 1.50 bits per heavy atom. The Hall–Kier alpha value is -0.120. The minimum atomic E-state index is -4.44. The maximum absolute atomic E-state index is 12.7. The van der Waals surface area contributed by atoms with Gasteiger partial charge in [0, 0.05) is 0 Å². The molecule has 0 rings (SSSR count). The van der Waals surface area contributed by atoms with Crippen LogP contribution >= 0.6 is 0 Å². The molecular weight excluding hydrogens is 179 g/mol. The van der Waals surface area contributed by atoms with Gasteiger partial charge in [-0.2, -0.15) is 8.42 Å². The largest absolute Gasteiger partial charge is 0.307 e. The molecule has 0 aliphatic heterocycles. The normalized spacial score (nSPS) is 14.8. The smallest absolute Gasteiger partial charge is 0.194 e. The van der Waals surface area contributed by atoms with Gasteiger partial charge in [0.2, 0.25) is 0 Å². The van der Waals surface area contributed by atoms with Crippen LogP contribution in [0.4, 0.5) is 3.89 Å². The van der Waals surface area contributed by atoms with E-state index in [1.807, 2.05) is 20.8 Å². The number of halogens is 1. The zero-order chi connectivity index (χ0) is 10.2. The van der Waals surface area contributed by atoms with Gasteiger partial charge in [0.25, 0.3) is 0 Å². The lowest BCUT2D eigenvalue weighted by molar-refractivity contribution is 0.323. The molecule has 0 aromatic carbocycles. The van der Waals surface area contributed by atoms with Gasteiger partial charge in [0.1, 0.15) is 0 Å². The quantitative estimate of drug-likeness (QED) is 0.636. The summed E-state index contributed by atoms with van der Waals surface area (Å²) in [7, 11) is -4.44. The molecule has 0 aliphatic carbocycles. The molecule has 0 saturated heterocycles. The van der Waals surface area contributed by atoms with Gasteiger partial charge in [-0.05, 0) is 25.7 Å². The first-order valence-electron chi connectivity index (χ1n) is 3.90. The lowest BCUT2D eigenvalue weighted by atomic mass is 9.86. The minimum absolute atomic E-state index is 0.178. The van der Waals surface area contributed by atoms with Gasteiger partial charge in [-0.3, -0.25) is 0 Å².